The molecule has 2 rings (SSSR count). The molecular weight excluding hydrogens is 252 g/mol. The summed E-state index contributed by atoms with van der Waals surface area (Å²) >= 11 is 0. The van der Waals surface area contributed by atoms with E-state index < -0.39 is 0 Å². The molecule has 0 spiro atoms. The molecule has 1 aliphatic rings. The Morgan fingerprint density at radius 2 is 2.10 bits per heavy atom. The molecular formula is C16H24N2O2. The summed E-state index contributed by atoms with van der Waals surface area (Å²) in [5, 5.41) is 0. The van der Waals surface area contributed by atoms with E-state index in [1.807, 2.05) is 6.07 Å². The lowest BCUT2D eigenvalue weighted by Gasteiger charge is -2.27. The Hall–Kier alpha value is -1.52. The second-order valence-electron chi connectivity index (χ2n) is 5.18. The van der Waals surface area contributed by atoms with Gasteiger partial charge in [0.05, 0.1) is 19.4 Å². The molecule has 0 aromatic heterocycles. The summed E-state index contributed by atoms with van der Waals surface area (Å²) in [6.07, 6.45) is 3.36. The first-order chi connectivity index (χ1) is 9.65. The van der Waals surface area contributed by atoms with Crippen LogP contribution in [0.5, 0.6) is 5.75 Å². The van der Waals surface area contributed by atoms with Gasteiger partial charge in [-0.3, -0.25) is 4.90 Å². The molecule has 20 heavy (non-hydrogen) atoms. The summed E-state index contributed by atoms with van der Waals surface area (Å²) in [6, 6.07) is 4.05. The number of methoxy groups -OCH3 is 2. The number of benzene rings is 1. The minimum atomic E-state index is 0.701. The molecule has 0 atom stereocenters. The Morgan fingerprint density at radius 1 is 1.30 bits per heavy atom. The molecule has 2 N–H and O–H groups in total. The average molecular weight is 276 g/mol. The predicted molar refractivity (Wildman–Crippen MR) is 83.1 cm³/mol. The van der Waals surface area contributed by atoms with Crippen LogP contribution in [0, 0.1) is 6.92 Å². The Bertz CT molecular complexity index is 497. The number of nitrogen functional groups attached to an aromatic ring is 1. The minimum absolute atomic E-state index is 0.701. The average Bonchev–Trinajstić information content (AvgIpc) is 2.46. The summed E-state index contributed by atoms with van der Waals surface area (Å²) in [4.78, 5) is 2.40. The molecule has 0 fully saturated rings. The molecule has 0 amide bonds. The Labute approximate surface area is 121 Å². The maximum absolute atomic E-state index is 5.94. The third-order valence-corrected chi connectivity index (χ3v) is 3.83. The molecule has 4 nitrogen and oxygen atoms in total. The van der Waals surface area contributed by atoms with Crippen molar-refractivity contribution in [2.45, 2.75) is 13.3 Å². The van der Waals surface area contributed by atoms with E-state index in [9.17, 15) is 0 Å². The molecule has 1 aromatic carbocycles. The second-order valence-corrected chi connectivity index (χ2v) is 5.18. The first-order valence-corrected chi connectivity index (χ1v) is 7.00. The number of hydrogen-bond donors (Lipinski definition) is 1. The molecule has 0 aliphatic carbocycles. The number of nitrogens with two attached hydrogens (primary N) is 1. The van der Waals surface area contributed by atoms with Gasteiger partial charge < -0.3 is 15.2 Å². The summed E-state index contributed by atoms with van der Waals surface area (Å²) in [5.74, 6) is 0.758. The third-order valence-electron chi connectivity index (χ3n) is 3.83. The van der Waals surface area contributed by atoms with E-state index in [1.165, 1.54) is 16.7 Å². The van der Waals surface area contributed by atoms with Crippen molar-refractivity contribution in [3.63, 3.8) is 0 Å². The number of ether oxygens (including phenoxy) is 2. The van der Waals surface area contributed by atoms with Crippen molar-refractivity contribution in [2.24, 2.45) is 0 Å². The zero-order valence-electron chi connectivity index (χ0n) is 12.6. The number of anilines is 1. The standard InChI is InChI=1S/C16H24N2O2/c1-12-10-15(17)16(20-3)11-14(12)13-4-6-18(7-5-13)8-9-19-2/h4,10-11H,5-9,17H2,1-3H3. The van der Waals surface area contributed by atoms with Gasteiger partial charge in [0.15, 0.2) is 0 Å². The molecule has 0 radical (unpaired) electrons. The van der Waals surface area contributed by atoms with E-state index in [0.717, 1.165) is 38.4 Å². The van der Waals surface area contributed by atoms with Crippen LogP contribution >= 0.6 is 0 Å². The first kappa shape index (κ1) is 14.9. The van der Waals surface area contributed by atoms with Crippen molar-refractivity contribution >= 4 is 11.3 Å². The molecule has 110 valence electrons. The molecule has 1 heterocycles. The molecule has 0 saturated heterocycles. The van der Waals surface area contributed by atoms with Gasteiger partial charge >= 0.3 is 0 Å². The van der Waals surface area contributed by atoms with Crippen LogP contribution in [-0.2, 0) is 4.74 Å². The molecule has 0 unspecified atom stereocenters. The molecule has 0 saturated carbocycles. The lowest BCUT2D eigenvalue weighted by molar-refractivity contribution is 0.154. The second kappa shape index (κ2) is 6.77. The van der Waals surface area contributed by atoms with Crippen molar-refractivity contribution in [1.82, 2.24) is 4.90 Å². The summed E-state index contributed by atoms with van der Waals surface area (Å²) < 4.78 is 10.5. The quantitative estimate of drug-likeness (QED) is 0.839. The van der Waals surface area contributed by atoms with Crippen molar-refractivity contribution in [3.8, 4) is 5.75 Å². The van der Waals surface area contributed by atoms with Gasteiger partial charge in [0.1, 0.15) is 5.75 Å². The van der Waals surface area contributed by atoms with Crippen LogP contribution < -0.4 is 10.5 Å². The highest BCUT2D eigenvalue weighted by Crippen LogP contribution is 2.32. The summed E-state index contributed by atoms with van der Waals surface area (Å²) in [6.45, 7) is 5.93. The Morgan fingerprint density at radius 3 is 2.70 bits per heavy atom. The van der Waals surface area contributed by atoms with Crippen molar-refractivity contribution in [2.75, 3.05) is 46.2 Å². The Balaban J connectivity index is 2.15. The van der Waals surface area contributed by atoms with Crippen LogP contribution in [0.3, 0.4) is 0 Å². The summed E-state index contributed by atoms with van der Waals surface area (Å²) in [5.41, 5.74) is 10.5. The molecule has 1 aliphatic heterocycles. The highest BCUT2D eigenvalue weighted by Gasteiger charge is 2.15. The van der Waals surface area contributed by atoms with E-state index in [1.54, 1.807) is 14.2 Å². The highest BCUT2D eigenvalue weighted by atomic mass is 16.5. The normalized spacial score (nSPS) is 16.1. The smallest absolute Gasteiger partial charge is 0.142 e. The maximum Gasteiger partial charge on any atom is 0.142 e. The van der Waals surface area contributed by atoms with Crippen LogP contribution in [0.2, 0.25) is 0 Å². The van der Waals surface area contributed by atoms with Crippen molar-refractivity contribution in [3.05, 3.63) is 29.3 Å². The molecule has 1 aromatic rings. The van der Waals surface area contributed by atoms with E-state index in [0.29, 0.717) is 5.69 Å². The van der Waals surface area contributed by atoms with Gasteiger partial charge in [-0.2, -0.15) is 0 Å². The van der Waals surface area contributed by atoms with Gasteiger partial charge in [-0.1, -0.05) is 6.08 Å². The Kier molecular flexibility index (Phi) is 5.04. The summed E-state index contributed by atoms with van der Waals surface area (Å²) in [7, 11) is 3.40. The zero-order valence-corrected chi connectivity index (χ0v) is 12.6. The van der Waals surface area contributed by atoms with E-state index in [2.05, 4.69) is 24.0 Å². The lowest BCUT2D eigenvalue weighted by Crippen LogP contribution is -2.31. The topological polar surface area (TPSA) is 47.7 Å². The molecule has 4 heteroatoms. The van der Waals surface area contributed by atoms with Gasteiger partial charge in [-0.25, -0.2) is 0 Å². The van der Waals surface area contributed by atoms with E-state index in [-0.39, 0.29) is 0 Å². The van der Waals surface area contributed by atoms with Gasteiger partial charge in [-0.05, 0) is 42.2 Å². The number of rotatable bonds is 5. The van der Waals surface area contributed by atoms with Crippen LogP contribution in [0.4, 0.5) is 5.69 Å². The predicted octanol–water partition coefficient (Wildman–Crippen LogP) is 2.32. The number of hydrogen-bond acceptors (Lipinski definition) is 4. The van der Waals surface area contributed by atoms with Crippen LogP contribution in [0.15, 0.2) is 18.2 Å². The zero-order chi connectivity index (χ0) is 14.5. The van der Waals surface area contributed by atoms with Crippen molar-refractivity contribution < 1.29 is 9.47 Å². The van der Waals surface area contributed by atoms with E-state index >= 15 is 0 Å². The number of nitrogens with zero attached hydrogens (tertiary/aromatic N) is 1. The first-order valence-electron chi connectivity index (χ1n) is 7.00. The van der Waals surface area contributed by atoms with Gasteiger partial charge in [0, 0.05) is 26.7 Å². The largest absolute Gasteiger partial charge is 0.495 e. The van der Waals surface area contributed by atoms with Gasteiger partial charge in [0.25, 0.3) is 0 Å². The fourth-order valence-corrected chi connectivity index (χ4v) is 2.61. The van der Waals surface area contributed by atoms with Crippen LogP contribution in [0.1, 0.15) is 17.5 Å². The van der Waals surface area contributed by atoms with E-state index in [4.69, 9.17) is 15.2 Å². The van der Waals surface area contributed by atoms with Crippen molar-refractivity contribution in [1.29, 1.82) is 0 Å². The fraction of sp³-hybridized carbons (Fsp3) is 0.500. The third kappa shape index (κ3) is 3.32. The molecule has 0 bridgehead atoms. The van der Waals surface area contributed by atoms with Gasteiger partial charge in [0.2, 0.25) is 0 Å². The maximum atomic E-state index is 5.94. The van der Waals surface area contributed by atoms with Gasteiger partial charge in [-0.15, -0.1) is 0 Å². The lowest BCUT2D eigenvalue weighted by atomic mass is 9.94. The van der Waals surface area contributed by atoms with Crippen LogP contribution in [0.25, 0.3) is 5.57 Å². The fourth-order valence-electron chi connectivity index (χ4n) is 2.61. The highest BCUT2D eigenvalue weighted by molar-refractivity contribution is 5.73. The number of aryl methyl sites for hydroxylation is 1. The SMILES string of the molecule is COCCN1CC=C(c2cc(OC)c(N)cc2C)CC1. The monoisotopic (exact) mass is 276 g/mol. The minimum Gasteiger partial charge on any atom is -0.495 e. The van der Waals surface area contributed by atoms with Crippen LogP contribution in [-0.4, -0.2) is 45.4 Å².